The fourth-order valence-corrected chi connectivity index (χ4v) is 2.69. The van der Waals surface area contributed by atoms with Gasteiger partial charge in [0, 0.05) is 32.9 Å². The fraction of sp³-hybridized carbons (Fsp3) is 0.467. The predicted molar refractivity (Wildman–Crippen MR) is 82.8 cm³/mol. The molecule has 0 spiro atoms. The van der Waals surface area contributed by atoms with Crippen LogP contribution in [0.2, 0.25) is 0 Å². The molecule has 2 aromatic rings. The van der Waals surface area contributed by atoms with E-state index in [4.69, 9.17) is 0 Å². The average molecular weight is 316 g/mol. The molecule has 8 heteroatoms. The number of aromatic nitrogens is 4. The molecule has 0 bridgehead atoms. The Morgan fingerprint density at radius 1 is 1.39 bits per heavy atom. The van der Waals surface area contributed by atoms with Gasteiger partial charge in [-0.25, -0.2) is 0 Å². The molecule has 1 N–H and O–H groups in total. The number of fused-ring (bicyclic) bond motifs is 1. The van der Waals surface area contributed by atoms with Crippen LogP contribution in [0.4, 0.5) is 0 Å². The lowest BCUT2D eigenvalue weighted by Crippen LogP contribution is -2.32. The molecule has 0 radical (unpaired) electrons. The molecule has 0 saturated carbocycles. The predicted octanol–water partition coefficient (Wildman–Crippen LogP) is 0.744. The molecule has 0 aromatic carbocycles. The van der Waals surface area contributed by atoms with Crippen molar-refractivity contribution < 1.29 is 9.59 Å². The molecule has 1 aliphatic rings. The highest BCUT2D eigenvalue weighted by atomic mass is 16.2. The van der Waals surface area contributed by atoms with Crippen molar-refractivity contribution in [2.24, 2.45) is 0 Å². The highest BCUT2D eigenvalue weighted by Crippen LogP contribution is 2.19. The van der Waals surface area contributed by atoms with E-state index in [9.17, 15) is 9.59 Å². The maximum atomic E-state index is 12.5. The lowest BCUT2D eigenvalue weighted by molar-refractivity contribution is 0.0731. The van der Waals surface area contributed by atoms with Crippen LogP contribution in [0.5, 0.6) is 0 Å². The van der Waals surface area contributed by atoms with Crippen molar-refractivity contribution in [1.29, 1.82) is 0 Å². The van der Waals surface area contributed by atoms with E-state index in [2.05, 4.69) is 15.3 Å². The summed E-state index contributed by atoms with van der Waals surface area (Å²) in [6, 6.07) is 1.65. The van der Waals surface area contributed by atoms with Gasteiger partial charge in [0.1, 0.15) is 5.69 Å². The minimum absolute atomic E-state index is 0.0652. The van der Waals surface area contributed by atoms with Crippen LogP contribution in [0, 0.1) is 0 Å². The zero-order valence-corrected chi connectivity index (χ0v) is 13.3. The third-order valence-corrected chi connectivity index (χ3v) is 4.16. The first-order chi connectivity index (χ1) is 11.1. The summed E-state index contributed by atoms with van der Waals surface area (Å²) in [7, 11) is 1.76. The molecule has 1 aliphatic heterocycles. The Bertz CT molecular complexity index is 706. The third kappa shape index (κ3) is 2.84. The number of rotatable bonds is 3. The molecule has 8 nitrogen and oxygen atoms in total. The van der Waals surface area contributed by atoms with Crippen LogP contribution in [-0.2, 0) is 13.1 Å². The number of aromatic amines is 1. The van der Waals surface area contributed by atoms with Gasteiger partial charge in [-0.1, -0.05) is 0 Å². The van der Waals surface area contributed by atoms with Crippen LogP contribution in [0.1, 0.15) is 39.9 Å². The second-order valence-corrected chi connectivity index (χ2v) is 5.60. The van der Waals surface area contributed by atoms with Crippen LogP contribution >= 0.6 is 0 Å². The Morgan fingerprint density at radius 3 is 2.91 bits per heavy atom. The number of amides is 2. The fourth-order valence-electron chi connectivity index (χ4n) is 2.69. The molecule has 2 aromatic heterocycles. The summed E-state index contributed by atoms with van der Waals surface area (Å²) < 4.78 is 1.83. The zero-order chi connectivity index (χ0) is 16.4. The summed E-state index contributed by atoms with van der Waals surface area (Å²) in [6.45, 7) is 4.24. The number of nitrogens with zero attached hydrogens (tertiary/aromatic N) is 5. The second-order valence-electron chi connectivity index (χ2n) is 5.60. The molecule has 0 aliphatic carbocycles. The van der Waals surface area contributed by atoms with E-state index >= 15 is 0 Å². The van der Waals surface area contributed by atoms with E-state index in [-0.39, 0.29) is 11.8 Å². The smallest absolute Gasteiger partial charge is 0.272 e. The molecular weight excluding hydrogens is 296 g/mol. The first kappa shape index (κ1) is 15.3. The minimum atomic E-state index is -0.112. The van der Waals surface area contributed by atoms with Crippen molar-refractivity contribution in [1.82, 2.24) is 29.8 Å². The van der Waals surface area contributed by atoms with Crippen LogP contribution in [0.15, 0.2) is 18.5 Å². The number of H-pyrrole nitrogens is 1. The number of carbonyl (C=O) groups is 2. The van der Waals surface area contributed by atoms with Crippen LogP contribution in [0.3, 0.4) is 0 Å². The van der Waals surface area contributed by atoms with Gasteiger partial charge >= 0.3 is 0 Å². The molecule has 23 heavy (non-hydrogen) atoms. The topological polar surface area (TPSA) is 87.1 Å². The second kappa shape index (κ2) is 6.23. The first-order valence-corrected chi connectivity index (χ1v) is 7.70. The van der Waals surface area contributed by atoms with E-state index < -0.39 is 0 Å². The van der Waals surface area contributed by atoms with Gasteiger partial charge in [0.25, 0.3) is 11.8 Å². The summed E-state index contributed by atoms with van der Waals surface area (Å²) in [6.07, 6.45) is 3.96. The maximum absolute atomic E-state index is 12.5. The van der Waals surface area contributed by atoms with E-state index in [1.165, 1.54) is 0 Å². The minimum Gasteiger partial charge on any atom is -0.342 e. The summed E-state index contributed by atoms with van der Waals surface area (Å²) in [5, 5.41) is 10.8. The van der Waals surface area contributed by atoms with Gasteiger partial charge in [-0.3, -0.25) is 19.4 Å². The number of nitrogens with one attached hydrogen (secondary N) is 1. The van der Waals surface area contributed by atoms with Gasteiger partial charge in [-0.05, 0) is 19.4 Å². The summed E-state index contributed by atoms with van der Waals surface area (Å²) in [5.74, 6) is -0.177. The van der Waals surface area contributed by atoms with Crippen molar-refractivity contribution in [3.05, 3.63) is 35.4 Å². The Balaban J connectivity index is 1.88. The maximum Gasteiger partial charge on any atom is 0.272 e. The van der Waals surface area contributed by atoms with E-state index in [0.717, 1.165) is 12.1 Å². The van der Waals surface area contributed by atoms with Gasteiger partial charge in [0.15, 0.2) is 0 Å². The lowest BCUT2D eigenvalue weighted by Gasteiger charge is -2.20. The van der Waals surface area contributed by atoms with Crippen molar-refractivity contribution >= 4 is 11.8 Å². The molecule has 0 unspecified atom stereocenters. The number of aryl methyl sites for hydroxylation is 1. The molecule has 3 heterocycles. The van der Waals surface area contributed by atoms with E-state index in [1.54, 1.807) is 35.3 Å². The van der Waals surface area contributed by atoms with Gasteiger partial charge in [-0.15, -0.1) is 0 Å². The molecule has 0 saturated heterocycles. The Morgan fingerprint density at radius 2 is 2.22 bits per heavy atom. The normalized spacial score (nSPS) is 14.3. The van der Waals surface area contributed by atoms with E-state index in [1.807, 2.05) is 11.6 Å². The number of carbonyl (C=O) groups excluding carboxylic acids is 2. The van der Waals surface area contributed by atoms with Gasteiger partial charge < -0.3 is 9.80 Å². The third-order valence-electron chi connectivity index (χ3n) is 4.16. The van der Waals surface area contributed by atoms with Crippen LogP contribution < -0.4 is 0 Å². The first-order valence-electron chi connectivity index (χ1n) is 7.70. The summed E-state index contributed by atoms with van der Waals surface area (Å²) in [5.41, 5.74) is 1.82. The highest BCUT2D eigenvalue weighted by Gasteiger charge is 2.26. The molecule has 0 fully saturated rings. The SMILES string of the molecule is CCN(C)C(=O)c1cnn2c1CN(C(=O)c1ccn[nH]1)CCC2. The van der Waals surface area contributed by atoms with E-state index in [0.29, 0.717) is 37.4 Å². The quantitative estimate of drug-likeness (QED) is 0.905. The standard InChI is InChI=1S/C15H20N6O2/c1-3-19(2)14(22)11-9-17-21-8-4-7-20(10-13(11)21)15(23)12-5-6-16-18-12/h5-6,9H,3-4,7-8,10H2,1-2H3,(H,16,18). The average Bonchev–Trinajstić information content (AvgIpc) is 3.18. The Kier molecular flexibility index (Phi) is 4.14. The van der Waals surface area contributed by atoms with Crippen molar-refractivity contribution in [3.63, 3.8) is 0 Å². The van der Waals surface area contributed by atoms with Crippen LogP contribution in [0.25, 0.3) is 0 Å². The summed E-state index contributed by atoms with van der Waals surface area (Å²) >= 11 is 0. The largest absolute Gasteiger partial charge is 0.342 e. The van der Waals surface area contributed by atoms with Crippen molar-refractivity contribution in [2.45, 2.75) is 26.4 Å². The summed E-state index contributed by atoms with van der Waals surface area (Å²) in [4.78, 5) is 28.4. The van der Waals surface area contributed by atoms with Gasteiger partial charge in [0.2, 0.25) is 0 Å². The molecular formula is C15H20N6O2. The van der Waals surface area contributed by atoms with Gasteiger partial charge in [0.05, 0.1) is 24.0 Å². The molecule has 0 atom stereocenters. The highest BCUT2D eigenvalue weighted by molar-refractivity contribution is 5.95. The number of hydrogen-bond acceptors (Lipinski definition) is 4. The monoisotopic (exact) mass is 316 g/mol. The van der Waals surface area contributed by atoms with Crippen molar-refractivity contribution in [2.75, 3.05) is 20.1 Å². The lowest BCUT2D eigenvalue weighted by atomic mass is 10.2. The van der Waals surface area contributed by atoms with Crippen molar-refractivity contribution in [3.8, 4) is 0 Å². The Labute approximate surface area is 134 Å². The van der Waals surface area contributed by atoms with Gasteiger partial charge in [-0.2, -0.15) is 10.2 Å². The molecule has 2 amide bonds. The zero-order valence-electron chi connectivity index (χ0n) is 13.3. The van der Waals surface area contributed by atoms with Crippen LogP contribution in [-0.4, -0.2) is 61.7 Å². The molecule has 122 valence electrons. The Hall–Kier alpha value is -2.64. The number of hydrogen-bond donors (Lipinski definition) is 1. The molecule has 3 rings (SSSR count).